The van der Waals surface area contributed by atoms with Crippen LogP contribution in [0.3, 0.4) is 0 Å². The third-order valence-electron chi connectivity index (χ3n) is 4.83. The maximum absolute atomic E-state index is 12.6. The number of hydrogen-bond acceptors (Lipinski definition) is 3. The summed E-state index contributed by atoms with van der Waals surface area (Å²) in [5.41, 5.74) is 4.80. The molecule has 1 fully saturated rings. The Morgan fingerprint density at radius 2 is 1.26 bits per heavy atom. The Morgan fingerprint density at radius 3 is 1.77 bits per heavy atom. The van der Waals surface area contributed by atoms with Gasteiger partial charge in [-0.15, -0.1) is 0 Å². The van der Waals surface area contributed by atoms with Gasteiger partial charge in [0, 0.05) is 11.8 Å². The number of nitrogens with two attached hydrogens (primary N) is 1. The second-order valence-electron chi connectivity index (χ2n) is 7.39. The van der Waals surface area contributed by atoms with Gasteiger partial charge in [-0.05, 0) is 62.1 Å². The Morgan fingerprint density at radius 1 is 0.710 bits per heavy atom. The smallest absolute Gasteiger partial charge is 0.416 e. The molecule has 3 aromatic carbocycles. The molecule has 1 aliphatic carbocycles. The van der Waals surface area contributed by atoms with Crippen molar-refractivity contribution in [3.05, 3.63) is 84.4 Å². The van der Waals surface area contributed by atoms with Crippen LogP contribution in [0.4, 0.5) is 18.9 Å². The van der Waals surface area contributed by atoms with E-state index in [2.05, 4.69) is 0 Å². The Hall–Kier alpha value is -3.15. The molecule has 31 heavy (non-hydrogen) atoms. The fraction of sp³-hybridized carbons (Fsp3) is 0.280. The normalized spacial score (nSPS) is 14.3. The van der Waals surface area contributed by atoms with Gasteiger partial charge in [-0.2, -0.15) is 13.2 Å². The number of para-hydroxylation sites is 2. The van der Waals surface area contributed by atoms with E-state index in [9.17, 15) is 13.2 Å². The Kier molecular flexibility index (Phi) is 7.82. The average molecular weight is 429 g/mol. The summed E-state index contributed by atoms with van der Waals surface area (Å²) in [6.07, 6.45) is 0.733. The summed E-state index contributed by atoms with van der Waals surface area (Å²) in [5, 5.41) is 0. The lowest BCUT2D eigenvalue weighted by Gasteiger charge is -2.23. The number of hydrogen-bond donors (Lipinski definition) is 1. The zero-order valence-corrected chi connectivity index (χ0v) is 17.1. The number of nitrogen functional groups attached to an aromatic ring is 1. The van der Waals surface area contributed by atoms with Crippen molar-refractivity contribution < 1.29 is 22.6 Å². The monoisotopic (exact) mass is 429 g/mol. The first-order chi connectivity index (χ1) is 14.9. The van der Waals surface area contributed by atoms with Crippen LogP contribution in [-0.2, 0) is 6.18 Å². The highest BCUT2D eigenvalue weighted by Gasteiger charge is 2.31. The minimum absolute atomic E-state index is 0.0154. The van der Waals surface area contributed by atoms with E-state index < -0.39 is 11.7 Å². The zero-order chi connectivity index (χ0) is 22.1. The first kappa shape index (κ1) is 22.5. The van der Waals surface area contributed by atoms with Gasteiger partial charge in [0.15, 0.2) is 0 Å². The van der Waals surface area contributed by atoms with Crippen molar-refractivity contribution in [3.63, 3.8) is 0 Å². The summed E-state index contributed by atoms with van der Waals surface area (Å²) >= 11 is 0. The second kappa shape index (κ2) is 10.8. The van der Waals surface area contributed by atoms with Gasteiger partial charge in [0.2, 0.25) is 0 Å². The molecule has 0 aliphatic heterocycles. The standard InChI is InChI=1S/C13H16F3NO.C12H10O/c14-13(15,16)9-6-10(17)8-12(7-9)18-11-4-2-1-3-5-11;1-3-7-11(8-4-1)13-12-9-5-2-6-10-12/h6-8,11H,1-5,17H2;1-10H. The molecule has 6 heteroatoms. The highest BCUT2D eigenvalue weighted by atomic mass is 19.4. The van der Waals surface area contributed by atoms with Crippen LogP contribution >= 0.6 is 0 Å². The minimum Gasteiger partial charge on any atom is -0.490 e. The van der Waals surface area contributed by atoms with Gasteiger partial charge in [0.1, 0.15) is 17.2 Å². The lowest BCUT2D eigenvalue weighted by molar-refractivity contribution is -0.137. The van der Waals surface area contributed by atoms with E-state index in [-0.39, 0.29) is 17.5 Å². The number of ether oxygens (including phenoxy) is 2. The van der Waals surface area contributed by atoms with Crippen molar-refractivity contribution in [1.82, 2.24) is 0 Å². The fourth-order valence-corrected chi connectivity index (χ4v) is 3.34. The number of halogens is 3. The van der Waals surface area contributed by atoms with Crippen molar-refractivity contribution >= 4 is 5.69 Å². The van der Waals surface area contributed by atoms with E-state index in [4.69, 9.17) is 15.2 Å². The summed E-state index contributed by atoms with van der Waals surface area (Å²) in [6.45, 7) is 0. The number of rotatable bonds is 4. The third-order valence-corrected chi connectivity index (χ3v) is 4.83. The summed E-state index contributed by atoms with van der Waals surface area (Å²) in [7, 11) is 0. The van der Waals surface area contributed by atoms with Crippen molar-refractivity contribution in [2.45, 2.75) is 44.4 Å². The zero-order valence-electron chi connectivity index (χ0n) is 17.1. The van der Waals surface area contributed by atoms with Gasteiger partial charge in [0.05, 0.1) is 11.7 Å². The molecule has 164 valence electrons. The quantitative estimate of drug-likeness (QED) is 0.437. The van der Waals surface area contributed by atoms with Crippen LogP contribution in [0.1, 0.15) is 37.7 Å². The van der Waals surface area contributed by atoms with Crippen LogP contribution in [0.15, 0.2) is 78.9 Å². The number of alkyl halides is 3. The molecule has 0 atom stereocenters. The van der Waals surface area contributed by atoms with Gasteiger partial charge in [-0.25, -0.2) is 0 Å². The predicted octanol–water partition coefficient (Wildman–Crippen LogP) is 7.48. The molecule has 0 spiro atoms. The molecule has 0 heterocycles. The maximum atomic E-state index is 12.6. The number of anilines is 1. The van der Waals surface area contributed by atoms with E-state index >= 15 is 0 Å². The Bertz CT molecular complexity index is 887. The summed E-state index contributed by atoms with van der Waals surface area (Å²) < 4.78 is 49.0. The molecule has 1 saturated carbocycles. The molecular weight excluding hydrogens is 403 g/mol. The SMILES string of the molecule is Nc1cc(OC2CCCCC2)cc(C(F)(F)F)c1.c1ccc(Oc2ccccc2)cc1. The molecule has 0 aromatic heterocycles. The molecule has 0 bridgehead atoms. The first-order valence-electron chi connectivity index (χ1n) is 10.3. The molecule has 0 saturated heterocycles. The molecule has 1 aliphatic rings. The highest BCUT2D eigenvalue weighted by Crippen LogP contribution is 2.34. The molecule has 0 unspecified atom stereocenters. The van der Waals surface area contributed by atoms with Crippen LogP contribution in [0.5, 0.6) is 17.2 Å². The minimum atomic E-state index is -4.39. The molecule has 3 nitrogen and oxygen atoms in total. The van der Waals surface area contributed by atoms with Gasteiger partial charge in [-0.1, -0.05) is 42.8 Å². The van der Waals surface area contributed by atoms with Gasteiger partial charge in [0.25, 0.3) is 0 Å². The van der Waals surface area contributed by atoms with Crippen molar-refractivity contribution in [2.24, 2.45) is 0 Å². The van der Waals surface area contributed by atoms with Crippen LogP contribution in [0, 0.1) is 0 Å². The number of benzene rings is 3. The van der Waals surface area contributed by atoms with E-state index in [0.29, 0.717) is 0 Å². The molecule has 4 rings (SSSR count). The molecule has 0 amide bonds. The lowest BCUT2D eigenvalue weighted by Crippen LogP contribution is -2.20. The summed E-state index contributed by atoms with van der Waals surface area (Å²) in [6, 6.07) is 22.9. The second-order valence-corrected chi connectivity index (χ2v) is 7.39. The van der Waals surface area contributed by atoms with Crippen LogP contribution < -0.4 is 15.2 Å². The summed E-state index contributed by atoms with van der Waals surface area (Å²) in [4.78, 5) is 0. The van der Waals surface area contributed by atoms with Crippen molar-refractivity contribution in [3.8, 4) is 17.2 Å². The van der Waals surface area contributed by atoms with Gasteiger partial charge >= 0.3 is 6.18 Å². The Balaban J connectivity index is 0.000000185. The first-order valence-corrected chi connectivity index (χ1v) is 10.3. The third kappa shape index (κ3) is 7.55. The largest absolute Gasteiger partial charge is 0.490 e. The van der Waals surface area contributed by atoms with E-state index in [1.807, 2.05) is 60.7 Å². The van der Waals surface area contributed by atoms with Gasteiger partial charge < -0.3 is 15.2 Å². The lowest BCUT2D eigenvalue weighted by atomic mass is 9.98. The maximum Gasteiger partial charge on any atom is 0.416 e. The Labute approximate surface area is 180 Å². The van der Waals surface area contributed by atoms with Crippen molar-refractivity contribution in [1.29, 1.82) is 0 Å². The molecule has 0 radical (unpaired) electrons. The van der Waals surface area contributed by atoms with Crippen LogP contribution in [-0.4, -0.2) is 6.10 Å². The fourth-order valence-electron chi connectivity index (χ4n) is 3.34. The molecule has 3 aromatic rings. The highest BCUT2D eigenvalue weighted by molar-refractivity contribution is 5.48. The average Bonchev–Trinajstić information content (AvgIpc) is 2.75. The topological polar surface area (TPSA) is 44.5 Å². The van der Waals surface area contributed by atoms with E-state index in [1.54, 1.807) is 0 Å². The van der Waals surface area contributed by atoms with E-state index in [1.165, 1.54) is 12.5 Å². The van der Waals surface area contributed by atoms with Gasteiger partial charge in [-0.3, -0.25) is 0 Å². The van der Waals surface area contributed by atoms with Crippen LogP contribution in [0.25, 0.3) is 0 Å². The predicted molar refractivity (Wildman–Crippen MR) is 116 cm³/mol. The van der Waals surface area contributed by atoms with Crippen molar-refractivity contribution in [2.75, 3.05) is 5.73 Å². The summed E-state index contributed by atoms with van der Waals surface area (Å²) in [5.74, 6) is 1.96. The molecule has 2 N–H and O–H groups in total. The molecular formula is C25H26F3NO2. The van der Waals surface area contributed by atoms with Crippen LogP contribution in [0.2, 0.25) is 0 Å². The van der Waals surface area contributed by atoms with E-state index in [0.717, 1.165) is 49.3 Å².